The van der Waals surface area contributed by atoms with E-state index in [0.29, 0.717) is 23.0 Å². The van der Waals surface area contributed by atoms with E-state index in [0.717, 1.165) is 11.3 Å². The monoisotopic (exact) mass is 335 g/mol. The lowest BCUT2D eigenvalue weighted by Gasteiger charge is -2.09. The molecule has 0 saturated carbocycles. The summed E-state index contributed by atoms with van der Waals surface area (Å²) >= 11 is 0. The van der Waals surface area contributed by atoms with Gasteiger partial charge in [-0.05, 0) is 41.5 Å². The predicted molar refractivity (Wildman–Crippen MR) is 91.8 cm³/mol. The smallest absolute Gasteiger partial charge is 0.245 e. The zero-order chi connectivity index (χ0) is 17.1. The Balaban J connectivity index is 1.64. The van der Waals surface area contributed by atoms with E-state index in [2.05, 4.69) is 40.8 Å². The highest BCUT2D eigenvalue weighted by atomic mass is 16.6. The maximum absolute atomic E-state index is 5.19. The second-order valence-electron chi connectivity index (χ2n) is 5.21. The Bertz CT molecular complexity index is 1010. The van der Waals surface area contributed by atoms with Crippen LogP contribution in [0.2, 0.25) is 0 Å². The molecule has 9 heteroatoms. The molecule has 9 nitrogen and oxygen atoms in total. The standard InChI is InChI=1S/C16H13N7O2/c1-10-4-6-11(7-5-10)18-13-14(20-16-15(19-13)22-25-23-16)21-17-9-12-3-2-8-24-12/h2-9H,1H3,(H,18,19,22)(H,20,21,23)/b17-9-. The number of benzene rings is 1. The zero-order valence-electron chi connectivity index (χ0n) is 13.2. The van der Waals surface area contributed by atoms with E-state index in [-0.39, 0.29) is 5.65 Å². The molecular formula is C16H13N7O2. The quantitative estimate of drug-likeness (QED) is 0.422. The minimum absolute atomic E-state index is 0.283. The molecule has 0 saturated heterocycles. The van der Waals surface area contributed by atoms with E-state index in [1.165, 1.54) is 6.21 Å². The van der Waals surface area contributed by atoms with Crippen molar-refractivity contribution in [2.75, 3.05) is 10.7 Å². The van der Waals surface area contributed by atoms with E-state index in [1.54, 1.807) is 18.4 Å². The molecule has 0 bridgehead atoms. The molecule has 0 unspecified atom stereocenters. The third-order valence-electron chi connectivity index (χ3n) is 3.33. The van der Waals surface area contributed by atoms with Crippen molar-refractivity contribution in [3.8, 4) is 0 Å². The number of rotatable bonds is 5. The molecule has 0 fully saturated rings. The molecule has 4 rings (SSSR count). The number of nitrogens with one attached hydrogen (secondary N) is 2. The number of nitrogens with zero attached hydrogens (tertiary/aromatic N) is 5. The number of fused-ring (bicyclic) bond motifs is 1. The molecule has 0 spiro atoms. The van der Waals surface area contributed by atoms with Crippen LogP contribution in [0.1, 0.15) is 11.3 Å². The topological polar surface area (TPSA) is 114 Å². The van der Waals surface area contributed by atoms with Crippen molar-refractivity contribution >= 4 is 34.8 Å². The van der Waals surface area contributed by atoms with Gasteiger partial charge in [-0.1, -0.05) is 17.7 Å². The summed E-state index contributed by atoms with van der Waals surface area (Å²) in [7, 11) is 0. The number of hydrogen-bond acceptors (Lipinski definition) is 9. The van der Waals surface area contributed by atoms with Gasteiger partial charge in [-0.2, -0.15) is 10.1 Å². The Morgan fingerprint density at radius 3 is 2.48 bits per heavy atom. The van der Waals surface area contributed by atoms with Gasteiger partial charge in [-0.15, -0.1) is 0 Å². The van der Waals surface area contributed by atoms with Crippen molar-refractivity contribution < 1.29 is 9.05 Å². The molecule has 3 aromatic heterocycles. The fraction of sp³-hybridized carbons (Fsp3) is 0.0625. The van der Waals surface area contributed by atoms with Crippen molar-refractivity contribution in [3.05, 3.63) is 54.0 Å². The average molecular weight is 335 g/mol. The molecule has 3 heterocycles. The van der Waals surface area contributed by atoms with E-state index in [9.17, 15) is 0 Å². The summed E-state index contributed by atoms with van der Waals surface area (Å²) in [5, 5.41) is 14.7. The number of aryl methyl sites for hydroxylation is 1. The maximum atomic E-state index is 5.19. The minimum Gasteiger partial charge on any atom is -0.463 e. The van der Waals surface area contributed by atoms with Crippen LogP contribution in [0.15, 0.2) is 56.8 Å². The Morgan fingerprint density at radius 2 is 1.76 bits per heavy atom. The van der Waals surface area contributed by atoms with Gasteiger partial charge < -0.3 is 9.73 Å². The van der Waals surface area contributed by atoms with Crippen LogP contribution < -0.4 is 10.7 Å². The molecule has 0 aliphatic rings. The number of hydrazone groups is 1. The summed E-state index contributed by atoms with van der Waals surface area (Å²) < 4.78 is 9.86. The molecule has 0 atom stereocenters. The van der Waals surface area contributed by atoms with Crippen LogP contribution in [0.25, 0.3) is 11.3 Å². The first-order chi connectivity index (χ1) is 12.3. The Labute approximate surface area is 141 Å². The minimum atomic E-state index is 0.283. The first-order valence-corrected chi connectivity index (χ1v) is 7.44. The maximum Gasteiger partial charge on any atom is 0.245 e. The number of anilines is 3. The molecule has 124 valence electrons. The van der Waals surface area contributed by atoms with E-state index < -0.39 is 0 Å². The Morgan fingerprint density at radius 1 is 1.00 bits per heavy atom. The van der Waals surface area contributed by atoms with Gasteiger partial charge in [-0.25, -0.2) is 9.61 Å². The summed E-state index contributed by atoms with van der Waals surface area (Å²) in [4.78, 5) is 8.69. The van der Waals surface area contributed by atoms with Gasteiger partial charge in [0.15, 0.2) is 11.6 Å². The Hall–Kier alpha value is -3.75. The van der Waals surface area contributed by atoms with Crippen LogP contribution >= 0.6 is 0 Å². The molecule has 2 N–H and O–H groups in total. The first kappa shape index (κ1) is 14.8. The zero-order valence-corrected chi connectivity index (χ0v) is 13.2. The van der Waals surface area contributed by atoms with Crippen LogP contribution in [0.5, 0.6) is 0 Å². The summed E-state index contributed by atoms with van der Waals surface area (Å²) in [6.45, 7) is 2.02. The summed E-state index contributed by atoms with van der Waals surface area (Å²) in [5.74, 6) is 1.44. The van der Waals surface area contributed by atoms with E-state index in [4.69, 9.17) is 4.42 Å². The second kappa shape index (κ2) is 6.40. The number of aromatic nitrogens is 4. The van der Waals surface area contributed by atoms with Crippen LogP contribution in [0, 0.1) is 6.92 Å². The fourth-order valence-corrected chi connectivity index (χ4v) is 2.10. The van der Waals surface area contributed by atoms with Gasteiger partial charge in [-0.3, -0.25) is 5.43 Å². The van der Waals surface area contributed by atoms with Crippen molar-refractivity contribution in [2.24, 2.45) is 5.10 Å². The van der Waals surface area contributed by atoms with Crippen LogP contribution in [-0.4, -0.2) is 26.5 Å². The SMILES string of the molecule is Cc1ccc(Nc2nc3nonc3nc2N/N=C\c2ccco2)cc1. The van der Waals surface area contributed by atoms with Crippen LogP contribution in [-0.2, 0) is 0 Å². The first-order valence-electron chi connectivity index (χ1n) is 7.44. The lowest BCUT2D eigenvalue weighted by Crippen LogP contribution is -2.03. The van der Waals surface area contributed by atoms with E-state index >= 15 is 0 Å². The van der Waals surface area contributed by atoms with Gasteiger partial charge in [0.1, 0.15) is 5.76 Å². The van der Waals surface area contributed by atoms with Gasteiger partial charge in [0.05, 0.1) is 12.5 Å². The molecule has 25 heavy (non-hydrogen) atoms. The highest BCUT2D eigenvalue weighted by Gasteiger charge is 2.12. The van der Waals surface area contributed by atoms with E-state index in [1.807, 2.05) is 31.2 Å². The van der Waals surface area contributed by atoms with Crippen LogP contribution in [0.4, 0.5) is 17.3 Å². The molecule has 0 aliphatic heterocycles. The Kier molecular flexibility index (Phi) is 3.79. The molecular weight excluding hydrogens is 322 g/mol. The van der Waals surface area contributed by atoms with Gasteiger partial charge in [0.2, 0.25) is 11.3 Å². The second-order valence-corrected chi connectivity index (χ2v) is 5.21. The van der Waals surface area contributed by atoms with Crippen molar-refractivity contribution in [1.29, 1.82) is 0 Å². The summed E-state index contributed by atoms with van der Waals surface area (Å²) in [5.41, 5.74) is 5.43. The largest absolute Gasteiger partial charge is 0.463 e. The predicted octanol–water partition coefficient (Wildman–Crippen LogP) is 3.10. The van der Waals surface area contributed by atoms with Gasteiger partial charge >= 0.3 is 0 Å². The van der Waals surface area contributed by atoms with Crippen LogP contribution in [0.3, 0.4) is 0 Å². The molecule has 0 aliphatic carbocycles. The molecule has 0 amide bonds. The number of hydrogen-bond donors (Lipinski definition) is 2. The fourth-order valence-electron chi connectivity index (χ4n) is 2.10. The summed E-state index contributed by atoms with van der Waals surface area (Å²) in [6, 6.07) is 11.4. The van der Waals surface area contributed by atoms with Gasteiger partial charge in [0, 0.05) is 5.69 Å². The lowest BCUT2D eigenvalue weighted by atomic mass is 10.2. The molecule has 1 aromatic carbocycles. The normalized spacial score (nSPS) is 11.2. The highest BCUT2D eigenvalue weighted by Crippen LogP contribution is 2.23. The molecule has 0 radical (unpaired) electrons. The molecule has 4 aromatic rings. The highest BCUT2D eigenvalue weighted by molar-refractivity contribution is 5.79. The number of furan rings is 1. The summed E-state index contributed by atoms with van der Waals surface area (Å²) in [6.07, 6.45) is 3.10. The third-order valence-corrected chi connectivity index (χ3v) is 3.33. The third kappa shape index (κ3) is 3.29. The van der Waals surface area contributed by atoms with Crippen molar-refractivity contribution in [2.45, 2.75) is 6.92 Å². The van der Waals surface area contributed by atoms with Crippen molar-refractivity contribution in [1.82, 2.24) is 20.3 Å². The lowest BCUT2D eigenvalue weighted by molar-refractivity contribution is 0.314. The van der Waals surface area contributed by atoms with Gasteiger partial charge in [0.25, 0.3) is 0 Å². The van der Waals surface area contributed by atoms with Crippen molar-refractivity contribution in [3.63, 3.8) is 0 Å². The average Bonchev–Trinajstić information content (AvgIpc) is 3.28.